The van der Waals surface area contributed by atoms with Crippen molar-refractivity contribution in [2.75, 3.05) is 18.8 Å². The van der Waals surface area contributed by atoms with Crippen molar-refractivity contribution in [3.05, 3.63) is 60.2 Å². The highest BCUT2D eigenvalue weighted by Gasteiger charge is 2.40. The fourth-order valence-electron chi connectivity index (χ4n) is 3.57. The van der Waals surface area contributed by atoms with Gasteiger partial charge in [-0.3, -0.25) is 4.79 Å². The Hall–Kier alpha value is -3.64. The minimum atomic E-state index is -3.98. The summed E-state index contributed by atoms with van der Waals surface area (Å²) in [6.07, 6.45) is 0.696. The van der Waals surface area contributed by atoms with Crippen LogP contribution in [-0.4, -0.2) is 60.9 Å². The lowest BCUT2D eigenvalue weighted by atomic mass is 10.2. The van der Waals surface area contributed by atoms with Gasteiger partial charge in [0.15, 0.2) is 0 Å². The van der Waals surface area contributed by atoms with Gasteiger partial charge in [-0.2, -0.15) is 4.31 Å². The highest BCUT2D eigenvalue weighted by atomic mass is 32.2. The van der Waals surface area contributed by atoms with E-state index in [1.165, 1.54) is 24.3 Å². The molecule has 0 aliphatic carbocycles. The van der Waals surface area contributed by atoms with Gasteiger partial charge in [-0.1, -0.05) is 30.3 Å². The van der Waals surface area contributed by atoms with Gasteiger partial charge in [0.05, 0.1) is 11.4 Å². The molecule has 1 fully saturated rings. The van der Waals surface area contributed by atoms with Gasteiger partial charge in [-0.25, -0.2) is 18.0 Å². The number of benzene rings is 2. The van der Waals surface area contributed by atoms with E-state index in [1.807, 2.05) is 30.3 Å². The van der Waals surface area contributed by atoms with Gasteiger partial charge in [-0.05, 0) is 42.7 Å². The van der Waals surface area contributed by atoms with E-state index in [1.54, 1.807) is 0 Å². The molecular weight excluding hydrogens is 462 g/mol. The van der Waals surface area contributed by atoms with Crippen LogP contribution in [0, 0.1) is 0 Å². The van der Waals surface area contributed by atoms with E-state index in [-0.39, 0.29) is 31.0 Å². The second kappa shape index (κ2) is 11.0. The Balaban J connectivity index is 1.59. The Bertz CT molecular complexity index is 1120. The lowest BCUT2D eigenvalue weighted by Gasteiger charge is -2.25. The van der Waals surface area contributed by atoms with Crippen molar-refractivity contribution in [2.24, 2.45) is 0 Å². The second-order valence-corrected chi connectivity index (χ2v) is 9.68. The maximum atomic E-state index is 13.0. The summed E-state index contributed by atoms with van der Waals surface area (Å²) < 4.78 is 27.1. The Morgan fingerprint density at radius 1 is 1.06 bits per heavy atom. The molecular formula is C22H27N5O6S. The zero-order valence-electron chi connectivity index (χ0n) is 18.3. The van der Waals surface area contributed by atoms with Crippen LogP contribution < -0.4 is 21.7 Å². The number of nitrogens with zero attached hydrogens (tertiary/aromatic N) is 1. The summed E-state index contributed by atoms with van der Waals surface area (Å²) in [5.74, 6) is -2.10. The third-order valence-corrected chi connectivity index (χ3v) is 7.29. The number of carbonyl (C=O) groups is 3. The second-order valence-electron chi connectivity index (χ2n) is 7.79. The molecule has 3 amide bonds. The first kappa shape index (κ1) is 25.0. The molecule has 34 heavy (non-hydrogen) atoms. The predicted molar refractivity (Wildman–Crippen MR) is 124 cm³/mol. The smallest absolute Gasteiger partial charge is 0.328 e. The molecule has 182 valence electrons. The van der Waals surface area contributed by atoms with E-state index in [0.717, 1.165) is 9.87 Å². The van der Waals surface area contributed by atoms with Crippen LogP contribution in [0.1, 0.15) is 18.4 Å². The molecule has 0 saturated carbocycles. The largest absolute Gasteiger partial charge is 0.480 e. The number of nitrogens with two attached hydrogens (primary N) is 1. The van der Waals surface area contributed by atoms with Crippen LogP contribution in [0.15, 0.2) is 59.5 Å². The summed E-state index contributed by atoms with van der Waals surface area (Å²) in [6.45, 7) is -0.00138. The van der Waals surface area contributed by atoms with E-state index in [4.69, 9.17) is 5.73 Å². The molecule has 1 aliphatic heterocycles. The fraction of sp³-hybridized carbons (Fsp3) is 0.318. The Labute approximate surface area is 197 Å². The lowest BCUT2D eigenvalue weighted by Crippen LogP contribution is -2.54. The van der Waals surface area contributed by atoms with Gasteiger partial charge in [-0.15, -0.1) is 0 Å². The number of rotatable bonds is 9. The van der Waals surface area contributed by atoms with Gasteiger partial charge in [0.25, 0.3) is 0 Å². The monoisotopic (exact) mass is 489 g/mol. The number of sulfonamides is 1. The Kier molecular flexibility index (Phi) is 8.08. The Morgan fingerprint density at radius 3 is 2.38 bits per heavy atom. The van der Waals surface area contributed by atoms with Crippen molar-refractivity contribution >= 4 is 33.6 Å². The maximum Gasteiger partial charge on any atom is 0.328 e. The molecule has 12 heteroatoms. The number of urea groups is 1. The van der Waals surface area contributed by atoms with Crippen molar-refractivity contribution in [3.63, 3.8) is 0 Å². The van der Waals surface area contributed by atoms with E-state index in [0.29, 0.717) is 12.1 Å². The number of carboxylic acid groups (broad SMARTS) is 1. The van der Waals surface area contributed by atoms with Gasteiger partial charge >= 0.3 is 12.0 Å². The van der Waals surface area contributed by atoms with Crippen LogP contribution in [0.5, 0.6) is 0 Å². The molecule has 3 rings (SSSR count). The highest BCUT2D eigenvalue weighted by Crippen LogP contribution is 2.26. The molecule has 0 radical (unpaired) electrons. The highest BCUT2D eigenvalue weighted by molar-refractivity contribution is 7.89. The van der Waals surface area contributed by atoms with Crippen LogP contribution in [-0.2, 0) is 26.2 Å². The van der Waals surface area contributed by atoms with Crippen molar-refractivity contribution in [2.45, 2.75) is 36.4 Å². The van der Waals surface area contributed by atoms with Crippen LogP contribution >= 0.6 is 0 Å². The van der Waals surface area contributed by atoms with E-state index >= 15 is 0 Å². The number of amides is 3. The third kappa shape index (κ3) is 6.23. The summed E-state index contributed by atoms with van der Waals surface area (Å²) in [7, 11) is -3.98. The van der Waals surface area contributed by atoms with Gasteiger partial charge in [0.1, 0.15) is 12.1 Å². The average Bonchev–Trinajstić information content (AvgIpc) is 3.32. The van der Waals surface area contributed by atoms with Crippen molar-refractivity contribution in [3.8, 4) is 0 Å². The molecule has 0 spiro atoms. The molecule has 0 bridgehead atoms. The molecule has 1 heterocycles. The fourth-order valence-corrected chi connectivity index (χ4v) is 5.22. The maximum absolute atomic E-state index is 13.0. The molecule has 11 nitrogen and oxygen atoms in total. The number of hydrogen-bond donors (Lipinski definition) is 5. The first-order valence-corrected chi connectivity index (χ1v) is 12.1. The quantitative estimate of drug-likeness (QED) is 0.319. The summed E-state index contributed by atoms with van der Waals surface area (Å²) in [4.78, 5) is 36.5. The first-order valence-electron chi connectivity index (χ1n) is 10.6. The topological polar surface area (TPSA) is 171 Å². The number of nitrogen functional groups attached to an aromatic ring is 1. The third-order valence-electron chi connectivity index (χ3n) is 5.37. The van der Waals surface area contributed by atoms with Gasteiger partial charge in [0.2, 0.25) is 15.9 Å². The Morgan fingerprint density at radius 2 is 1.74 bits per heavy atom. The first-order chi connectivity index (χ1) is 16.2. The molecule has 6 N–H and O–H groups in total. The van der Waals surface area contributed by atoms with E-state index in [2.05, 4.69) is 16.0 Å². The van der Waals surface area contributed by atoms with Crippen LogP contribution in [0.2, 0.25) is 0 Å². The van der Waals surface area contributed by atoms with Crippen molar-refractivity contribution in [1.29, 1.82) is 0 Å². The predicted octanol–water partition coefficient (Wildman–Crippen LogP) is 0.491. The molecule has 2 aromatic carbocycles. The standard InChI is InChI=1S/C22H27N5O6S/c23-16-8-10-17(11-9-16)34(32,33)27-12-4-7-19(27)20(28)26-18(21(29)30)14-25-22(31)24-13-15-5-2-1-3-6-15/h1-3,5-6,8-11,18-19H,4,7,12-14,23H2,(H,26,28)(H,29,30)(H2,24,25,31)/t18-,19-/m0/s1. The van der Waals surface area contributed by atoms with E-state index in [9.17, 15) is 27.9 Å². The molecule has 2 atom stereocenters. The molecule has 2 aromatic rings. The summed E-state index contributed by atoms with van der Waals surface area (Å²) in [5.41, 5.74) is 6.89. The molecule has 1 aliphatic rings. The normalized spacial score (nSPS) is 17.0. The van der Waals surface area contributed by atoms with Gasteiger partial charge in [0, 0.05) is 18.8 Å². The molecule has 1 saturated heterocycles. The number of nitrogens with one attached hydrogen (secondary N) is 3. The zero-order chi connectivity index (χ0) is 24.7. The van der Waals surface area contributed by atoms with E-state index < -0.39 is 40.0 Å². The SMILES string of the molecule is Nc1ccc(S(=O)(=O)N2CCC[C@H]2C(=O)N[C@@H](CNC(=O)NCc2ccccc2)C(=O)O)cc1. The minimum Gasteiger partial charge on any atom is -0.480 e. The summed E-state index contributed by atoms with van der Waals surface area (Å²) in [5, 5.41) is 16.8. The van der Waals surface area contributed by atoms with Crippen LogP contribution in [0.25, 0.3) is 0 Å². The van der Waals surface area contributed by atoms with Crippen molar-refractivity contribution in [1.82, 2.24) is 20.3 Å². The summed E-state index contributed by atoms with van der Waals surface area (Å²) in [6, 6.07) is 11.7. The van der Waals surface area contributed by atoms with Crippen LogP contribution in [0.3, 0.4) is 0 Å². The van der Waals surface area contributed by atoms with Gasteiger partial charge < -0.3 is 26.8 Å². The average molecular weight is 490 g/mol. The van der Waals surface area contributed by atoms with Crippen molar-refractivity contribution < 1.29 is 27.9 Å². The number of carboxylic acids is 1. The minimum absolute atomic E-state index is 0.00654. The number of hydrogen-bond acceptors (Lipinski definition) is 6. The number of aliphatic carboxylic acids is 1. The summed E-state index contributed by atoms with van der Waals surface area (Å²) >= 11 is 0. The zero-order valence-corrected chi connectivity index (χ0v) is 19.1. The number of carbonyl (C=O) groups excluding carboxylic acids is 2. The molecule has 0 aromatic heterocycles. The molecule has 0 unspecified atom stereocenters. The number of anilines is 1. The lowest BCUT2D eigenvalue weighted by molar-refractivity contribution is -0.142. The van der Waals surface area contributed by atoms with Crippen LogP contribution in [0.4, 0.5) is 10.5 Å².